The van der Waals surface area contributed by atoms with Gasteiger partial charge in [0.05, 0.1) is 6.42 Å². The molecule has 0 unspecified atom stereocenters. The van der Waals surface area contributed by atoms with Gasteiger partial charge >= 0.3 is 6.01 Å². The van der Waals surface area contributed by atoms with Crippen molar-refractivity contribution in [3.63, 3.8) is 0 Å². The largest absolute Gasteiger partial charge is 0.338 e. The molecule has 2 heterocycles. The van der Waals surface area contributed by atoms with E-state index in [9.17, 15) is 0 Å². The molecule has 16 heavy (non-hydrogen) atoms. The molecule has 0 aliphatic carbocycles. The Balaban J connectivity index is 1.97. The van der Waals surface area contributed by atoms with E-state index in [-0.39, 0.29) is 0 Å². The highest BCUT2D eigenvalue weighted by Gasteiger charge is 2.08. The van der Waals surface area contributed by atoms with Crippen molar-refractivity contribution in [3.05, 3.63) is 21.9 Å². The highest BCUT2D eigenvalue weighted by atomic mass is 32.1. The lowest BCUT2D eigenvalue weighted by atomic mass is 10.4. The van der Waals surface area contributed by atoms with Gasteiger partial charge in [-0.05, 0) is 13.3 Å². The van der Waals surface area contributed by atoms with Gasteiger partial charge in [-0.3, -0.25) is 0 Å². The first-order valence-corrected chi connectivity index (χ1v) is 6.13. The van der Waals surface area contributed by atoms with Gasteiger partial charge in [-0.15, -0.1) is 11.3 Å². The summed E-state index contributed by atoms with van der Waals surface area (Å²) < 4.78 is 5.05. The highest BCUT2D eigenvalue weighted by molar-refractivity contribution is 7.09. The lowest BCUT2D eigenvalue weighted by Gasteiger charge is -1.93. The molecule has 2 rings (SSSR count). The van der Waals surface area contributed by atoms with Crippen LogP contribution in [0.1, 0.15) is 29.9 Å². The highest BCUT2D eigenvalue weighted by Crippen LogP contribution is 2.13. The van der Waals surface area contributed by atoms with Gasteiger partial charge in [0.1, 0.15) is 5.01 Å². The fourth-order valence-corrected chi connectivity index (χ4v) is 2.02. The van der Waals surface area contributed by atoms with Crippen molar-refractivity contribution in [2.75, 3.05) is 11.9 Å². The Morgan fingerprint density at radius 2 is 2.31 bits per heavy atom. The van der Waals surface area contributed by atoms with Crippen molar-refractivity contribution in [3.8, 4) is 0 Å². The van der Waals surface area contributed by atoms with Crippen LogP contribution in [0.25, 0.3) is 0 Å². The Labute approximate surface area is 97.9 Å². The maximum atomic E-state index is 5.05. The number of anilines is 1. The first-order chi connectivity index (χ1) is 7.78. The summed E-state index contributed by atoms with van der Waals surface area (Å²) in [7, 11) is 0. The van der Waals surface area contributed by atoms with E-state index in [1.54, 1.807) is 11.3 Å². The van der Waals surface area contributed by atoms with Gasteiger partial charge in [0, 0.05) is 17.6 Å². The van der Waals surface area contributed by atoms with E-state index in [1.165, 1.54) is 0 Å². The van der Waals surface area contributed by atoms with Crippen molar-refractivity contribution in [1.82, 2.24) is 15.1 Å². The molecule has 0 radical (unpaired) electrons. The van der Waals surface area contributed by atoms with Gasteiger partial charge < -0.3 is 9.84 Å². The number of hydrogen-bond donors (Lipinski definition) is 1. The Hall–Kier alpha value is -1.43. The zero-order valence-corrected chi connectivity index (χ0v) is 10.2. The normalized spacial score (nSPS) is 10.6. The van der Waals surface area contributed by atoms with Crippen LogP contribution in [0.5, 0.6) is 0 Å². The van der Waals surface area contributed by atoms with Crippen LogP contribution in [0.4, 0.5) is 6.01 Å². The van der Waals surface area contributed by atoms with E-state index < -0.39 is 0 Å². The van der Waals surface area contributed by atoms with Crippen molar-refractivity contribution >= 4 is 17.4 Å². The quantitative estimate of drug-likeness (QED) is 0.865. The zero-order valence-electron chi connectivity index (χ0n) is 9.36. The molecule has 1 N–H and O–H groups in total. The second kappa shape index (κ2) is 5.07. The summed E-state index contributed by atoms with van der Waals surface area (Å²) in [5.74, 6) is 0.674. The second-order valence-corrected chi connectivity index (χ2v) is 4.44. The first-order valence-electron chi connectivity index (χ1n) is 5.25. The summed E-state index contributed by atoms with van der Waals surface area (Å²) in [6, 6.07) is 0.491. The molecule has 5 nitrogen and oxygen atoms in total. The number of hydrogen-bond acceptors (Lipinski definition) is 6. The average molecular weight is 238 g/mol. The van der Waals surface area contributed by atoms with Crippen molar-refractivity contribution < 1.29 is 4.52 Å². The minimum Gasteiger partial charge on any atom is -0.338 e. The summed E-state index contributed by atoms with van der Waals surface area (Å²) in [5.41, 5.74) is 1.04. The summed E-state index contributed by atoms with van der Waals surface area (Å²) in [6.45, 7) is 4.91. The van der Waals surface area contributed by atoms with Crippen molar-refractivity contribution in [1.29, 1.82) is 0 Å². The van der Waals surface area contributed by atoms with E-state index in [0.29, 0.717) is 18.3 Å². The fraction of sp³-hybridized carbons (Fsp3) is 0.500. The molecule has 0 saturated heterocycles. The number of nitrogens with one attached hydrogen (secondary N) is 1. The molecular weight excluding hydrogens is 224 g/mol. The lowest BCUT2D eigenvalue weighted by molar-refractivity contribution is 0.423. The standard InChI is InChI=1S/C10H14N4OS/c1-3-4-11-10-13-8(14-15-10)5-9-12-7(2)6-16-9/h6H,3-5H2,1-2H3,(H,11,13,14). The average Bonchev–Trinajstić information content (AvgIpc) is 2.86. The predicted octanol–water partition coefficient (Wildman–Crippen LogP) is 2.25. The minimum atomic E-state index is 0.491. The van der Waals surface area contributed by atoms with E-state index in [2.05, 4.69) is 27.4 Å². The monoisotopic (exact) mass is 238 g/mol. The molecule has 0 amide bonds. The van der Waals surface area contributed by atoms with Gasteiger partial charge in [-0.1, -0.05) is 12.1 Å². The van der Waals surface area contributed by atoms with Crippen LogP contribution in [-0.4, -0.2) is 21.7 Å². The van der Waals surface area contributed by atoms with Crippen LogP contribution in [0.3, 0.4) is 0 Å². The second-order valence-electron chi connectivity index (χ2n) is 3.50. The number of aromatic nitrogens is 3. The van der Waals surface area contributed by atoms with Gasteiger partial charge in [0.2, 0.25) is 0 Å². The summed E-state index contributed by atoms with van der Waals surface area (Å²) >= 11 is 1.62. The van der Waals surface area contributed by atoms with Crippen molar-refractivity contribution in [2.45, 2.75) is 26.7 Å². The molecule has 2 aromatic rings. The van der Waals surface area contributed by atoms with E-state index in [4.69, 9.17) is 4.52 Å². The molecule has 0 aliphatic rings. The molecule has 0 atom stereocenters. The number of thiazole rings is 1. The van der Waals surface area contributed by atoms with Gasteiger partial charge in [0.25, 0.3) is 0 Å². The third-order valence-electron chi connectivity index (χ3n) is 1.97. The van der Waals surface area contributed by atoms with Crippen LogP contribution in [0.15, 0.2) is 9.90 Å². The van der Waals surface area contributed by atoms with Crippen LogP contribution < -0.4 is 5.32 Å². The van der Waals surface area contributed by atoms with E-state index in [1.807, 2.05) is 12.3 Å². The van der Waals surface area contributed by atoms with E-state index >= 15 is 0 Å². The molecule has 0 spiro atoms. The molecule has 6 heteroatoms. The maximum Gasteiger partial charge on any atom is 0.321 e. The van der Waals surface area contributed by atoms with Gasteiger partial charge in [-0.2, -0.15) is 4.98 Å². The number of aryl methyl sites for hydroxylation is 1. The molecule has 0 aromatic carbocycles. The third kappa shape index (κ3) is 2.79. The Kier molecular flexibility index (Phi) is 3.51. The molecule has 0 saturated carbocycles. The minimum absolute atomic E-state index is 0.491. The summed E-state index contributed by atoms with van der Waals surface area (Å²) in [6.07, 6.45) is 1.67. The van der Waals surface area contributed by atoms with Gasteiger partial charge in [0.15, 0.2) is 5.82 Å². The molecule has 0 aliphatic heterocycles. The number of nitrogens with zero attached hydrogens (tertiary/aromatic N) is 3. The predicted molar refractivity (Wildman–Crippen MR) is 62.7 cm³/mol. The molecule has 2 aromatic heterocycles. The SMILES string of the molecule is CCCNc1nc(Cc2nc(C)cs2)no1. The topological polar surface area (TPSA) is 63.8 Å². The van der Waals surface area contributed by atoms with Crippen LogP contribution in [0, 0.1) is 6.92 Å². The Morgan fingerprint density at radius 1 is 1.44 bits per heavy atom. The zero-order chi connectivity index (χ0) is 11.4. The molecular formula is C10H14N4OS. The molecule has 0 fully saturated rings. The third-order valence-corrected chi connectivity index (χ3v) is 2.94. The summed E-state index contributed by atoms with van der Waals surface area (Å²) in [5, 5.41) is 9.97. The smallest absolute Gasteiger partial charge is 0.321 e. The maximum absolute atomic E-state index is 5.05. The summed E-state index contributed by atoms with van der Waals surface area (Å²) in [4.78, 5) is 8.58. The van der Waals surface area contributed by atoms with Crippen LogP contribution in [-0.2, 0) is 6.42 Å². The van der Waals surface area contributed by atoms with Crippen molar-refractivity contribution in [2.24, 2.45) is 0 Å². The molecule has 0 bridgehead atoms. The van der Waals surface area contributed by atoms with Gasteiger partial charge in [-0.25, -0.2) is 4.98 Å². The van der Waals surface area contributed by atoms with E-state index in [0.717, 1.165) is 23.7 Å². The molecule has 86 valence electrons. The number of rotatable bonds is 5. The van der Waals surface area contributed by atoms with Crippen LogP contribution >= 0.6 is 11.3 Å². The lowest BCUT2D eigenvalue weighted by Crippen LogP contribution is -1.99. The Bertz CT molecular complexity index is 451. The Morgan fingerprint density at radius 3 is 3.00 bits per heavy atom. The van der Waals surface area contributed by atoms with Crippen LogP contribution in [0.2, 0.25) is 0 Å². The fourth-order valence-electron chi connectivity index (χ4n) is 1.25. The first kappa shape index (κ1) is 11.1.